The molecule has 2 aromatic heterocycles. The molecular weight excluding hydrogens is 314 g/mol. The number of carboxylic acid groups (broad SMARTS) is 1. The first-order valence-electron chi connectivity index (χ1n) is 6.83. The third-order valence-corrected chi connectivity index (χ3v) is 4.22. The number of thiazole rings is 1. The minimum absolute atomic E-state index is 0.206. The molecule has 23 heavy (non-hydrogen) atoms. The molecule has 0 radical (unpaired) electrons. The molecule has 3 aromatic rings. The van der Waals surface area contributed by atoms with Gasteiger partial charge in [-0.25, -0.2) is 14.8 Å². The number of carboxylic acids is 1. The lowest BCUT2D eigenvalue weighted by atomic mass is 10.2. The van der Waals surface area contributed by atoms with E-state index in [1.807, 2.05) is 30.3 Å². The first-order valence-corrected chi connectivity index (χ1v) is 7.65. The molecule has 0 saturated carbocycles. The van der Waals surface area contributed by atoms with Crippen molar-refractivity contribution in [2.75, 3.05) is 0 Å². The maximum absolute atomic E-state index is 11.1. The Morgan fingerprint density at radius 2 is 2.00 bits per heavy atom. The van der Waals surface area contributed by atoms with Crippen LogP contribution in [0.1, 0.15) is 20.9 Å². The summed E-state index contributed by atoms with van der Waals surface area (Å²) in [5.74, 6) is -0.619. The van der Waals surface area contributed by atoms with Gasteiger partial charge in [0.15, 0.2) is 0 Å². The second kappa shape index (κ2) is 6.53. The van der Waals surface area contributed by atoms with Crippen molar-refractivity contribution in [1.82, 2.24) is 15.0 Å². The molecule has 1 aromatic carbocycles. The van der Waals surface area contributed by atoms with Crippen LogP contribution in [-0.4, -0.2) is 26.0 Å². The molecule has 0 fully saturated rings. The molecule has 116 valence electrons. The predicted molar refractivity (Wildman–Crippen MR) is 85.6 cm³/mol. The van der Waals surface area contributed by atoms with Gasteiger partial charge in [-0.15, -0.1) is 11.3 Å². The maximum Gasteiger partial charge on any atom is 0.347 e. The van der Waals surface area contributed by atoms with Gasteiger partial charge in [0, 0.05) is 0 Å². The van der Waals surface area contributed by atoms with E-state index in [1.54, 1.807) is 13.1 Å². The number of aryl methyl sites for hydroxylation is 1. The minimum atomic E-state index is -0.990. The molecule has 0 aliphatic heterocycles. The zero-order valence-electron chi connectivity index (χ0n) is 12.3. The Kier molecular flexibility index (Phi) is 4.29. The average Bonchev–Trinajstić information content (AvgIpc) is 2.96. The lowest BCUT2D eigenvalue weighted by Crippen LogP contribution is -1.98. The number of aromatic nitrogens is 3. The number of carbonyl (C=O) groups is 1. The quantitative estimate of drug-likeness (QED) is 0.774. The molecule has 0 spiro atoms. The molecule has 0 aliphatic carbocycles. The second-order valence-electron chi connectivity index (χ2n) is 4.76. The van der Waals surface area contributed by atoms with E-state index in [2.05, 4.69) is 15.0 Å². The monoisotopic (exact) mass is 327 g/mol. The van der Waals surface area contributed by atoms with Crippen LogP contribution in [0.2, 0.25) is 0 Å². The number of benzene rings is 1. The molecule has 2 heterocycles. The number of hydrogen-bond donors (Lipinski definition) is 1. The molecule has 0 amide bonds. The van der Waals surface area contributed by atoms with E-state index in [0.29, 0.717) is 28.9 Å². The Hall–Kier alpha value is -2.80. The van der Waals surface area contributed by atoms with Crippen LogP contribution in [0, 0.1) is 6.92 Å². The number of hydrogen-bond acceptors (Lipinski definition) is 6. The number of rotatable bonds is 5. The van der Waals surface area contributed by atoms with Crippen LogP contribution in [0.15, 0.2) is 42.7 Å². The third-order valence-electron chi connectivity index (χ3n) is 3.05. The summed E-state index contributed by atoms with van der Waals surface area (Å²) in [4.78, 5) is 24.0. The molecule has 0 bridgehead atoms. The van der Waals surface area contributed by atoms with Gasteiger partial charge in [-0.3, -0.25) is 4.98 Å². The summed E-state index contributed by atoms with van der Waals surface area (Å²) in [6, 6.07) is 9.73. The van der Waals surface area contributed by atoms with E-state index in [9.17, 15) is 4.79 Å². The van der Waals surface area contributed by atoms with Crippen molar-refractivity contribution in [3.05, 3.63) is 58.9 Å². The number of aromatic carboxylic acids is 1. The van der Waals surface area contributed by atoms with E-state index in [4.69, 9.17) is 9.84 Å². The highest BCUT2D eigenvalue weighted by molar-refractivity contribution is 7.17. The summed E-state index contributed by atoms with van der Waals surface area (Å²) in [5, 5.41) is 9.61. The second-order valence-corrected chi connectivity index (χ2v) is 5.75. The van der Waals surface area contributed by atoms with Gasteiger partial charge in [0.25, 0.3) is 0 Å². The Bertz CT molecular complexity index is 834. The lowest BCUT2D eigenvalue weighted by Gasteiger charge is -2.05. The van der Waals surface area contributed by atoms with E-state index in [1.165, 1.54) is 6.20 Å². The van der Waals surface area contributed by atoms with E-state index in [-0.39, 0.29) is 4.88 Å². The molecule has 6 nitrogen and oxygen atoms in total. The van der Waals surface area contributed by atoms with Gasteiger partial charge >= 0.3 is 5.97 Å². The number of nitrogens with zero attached hydrogens (tertiary/aromatic N) is 3. The fourth-order valence-corrected chi connectivity index (χ4v) is 2.82. The van der Waals surface area contributed by atoms with Gasteiger partial charge in [0.1, 0.15) is 22.2 Å². The van der Waals surface area contributed by atoms with Crippen LogP contribution >= 0.6 is 11.3 Å². The highest BCUT2D eigenvalue weighted by Crippen LogP contribution is 2.27. The van der Waals surface area contributed by atoms with Gasteiger partial charge < -0.3 is 9.84 Å². The summed E-state index contributed by atoms with van der Waals surface area (Å²) in [7, 11) is 0. The zero-order valence-corrected chi connectivity index (χ0v) is 13.1. The van der Waals surface area contributed by atoms with Gasteiger partial charge in [-0.2, -0.15) is 0 Å². The van der Waals surface area contributed by atoms with Crippen LogP contribution in [-0.2, 0) is 6.61 Å². The average molecular weight is 327 g/mol. The topological polar surface area (TPSA) is 85.2 Å². The standard InChI is InChI=1S/C16H13N3O3S/c1-10-14(16(20)21)23-15(18-10)12-7-17-8-13(19-12)22-9-11-5-3-2-4-6-11/h2-8H,9H2,1H3,(H,20,21). The molecule has 0 aliphatic rings. The highest BCUT2D eigenvalue weighted by Gasteiger charge is 2.16. The van der Waals surface area contributed by atoms with Gasteiger partial charge in [-0.05, 0) is 12.5 Å². The van der Waals surface area contributed by atoms with Crippen LogP contribution in [0.25, 0.3) is 10.7 Å². The Morgan fingerprint density at radius 3 is 2.70 bits per heavy atom. The fourth-order valence-electron chi connectivity index (χ4n) is 1.96. The number of ether oxygens (including phenoxy) is 1. The van der Waals surface area contributed by atoms with Crippen molar-refractivity contribution in [3.8, 4) is 16.6 Å². The smallest absolute Gasteiger partial charge is 0.347 e. The molecular formula is C16H13N3O3S. The lowest BCUT2D eigenvalue weighted by molar-refractivity contribution is 0.0701. The van der Waals surface area contributed by atoms with Crippen molar-refractivity contribution < 1.29 is 14.6 Å². The van der Waals surface area contributed by atoms with Gasteiger partial charge in [-0.1, -0.05) is 30.3 Å². The molecule has 0 saturated heterocycles. The van der Waals surface area contributed by atoms with Gasteiger partial charge in [0.05, 0.1) is 18.1 Å². The SMILES string of the molecule is Cc1nc(-c2cncc(OCc3ccccc3)n2)sc1C(=O)O. The molecule has 0 unspecified atom stereocenters. The summed E-state index contributed by atoms with van der Waals surface area (Å²) < 4.78 is 5.63. The Morgan fingerprint density at radius 1 is 1.22 bits per heavy atom. The zero-order chi connectivity index (χ0) is 16.2. The Balaban J connectivity index is 1.80. The fraction of sp³-hybridized carbons (Fsp3) is 0.125. The summed E-state index contributed by atoms with van der Waals surface area (Å²) >= 11 is 1.08. The molecule has 7 heteroatoms. The molecule has 1 N–H and O–H groups in total. The molecule has 0 atom stereocenters. The van der Waals surface area contributed by atoms with E-state index >= 15 is 0 Å². The minimum Gasteiger partial charge on any atom is -0.477 e. The van der Waals surface area contributed by atoms with E-state index in [0.717, 1.165) is 16.9 Å². The van der Waals surface area contributed by atoms with Crippen molar-refractivity contribution in [3.63, 3.8) is 0 Å². The summed E-state index contributed by atoms with van der Waals surface area (Å²) in [6.45, 7) is 2.04. The largest absolute Gasteiger partial charge is 0.477 e. The van der Waals surface area contributed by atoms with Crippen molar-refractivity contribution in [2.24, 2.45) is 0 Å². The summed E-state index contributed by atoms with van der Waals surface area (Å²) in [5.41, 5.74) is 1.99. The van der Waals surface area contributed by atoms with Crippen molar-refractivity contribution in [2.45, 2.75) is 13.5 Å². The maximum atomic E-state index is 11.1. The highest BCUT2D eigenvalue weighted by atomic mass is 32.1. The van der Waals surface area contributed by atoms with E-state index < -0.39 is 5.97 Å². The van der Waals surface area contributed by atoms with Crippen LogP contribution in [0.3, 0.4) is 0 Å². The van der Waals surface area contributed by atoms with Crippen LogP contribution in [0.4, 0.5) is 0 Å². The van der Waals surface area contributed by atoms with Crippen LogP contribution < -0.4 is 4.74 Å². The summed E-state index contributed by atoms with van der Waals surface area (Å²) in [6.07, 6.45) is 3.06. The van der Waals surface area contributed by atoms with Gasteiger partial charge in [0.2, 0.25) is 5.88 Å². The first-order chi connectivity index (χ1) is 11.1. The molecule has 3 rings (SSSR count). The van der Waals surface area contributed by atoms with Crippen LogP contribution in [0.5, 0.6) is 5.88 Å². The third kappa shape index (κ3) is 3.51. The van der Waals surface area contributed by atoms with Crippen molar-refractivity contribution in [1.29, 1.82) is 0 Å². The Labute approximate surface area is 136 Å². The predicted octanol–water partition coefficient (Wildman–Crippen LogP) is 3.19. The van der Waals surface area contributed by atoms with Crippen molar-refractivity contribution >= 4 is 17.3 Å². The first kappa shape index (κ1) is 15.1. The normalized spacial score (nSPS) is 10.5.